The van der Waals surface area contributed by atoms with Crippen LogP contribution in [0.1, 0.15) is 12.0 Å². The zero-order valence-electron chi connectivity index (χ0n) is 9.41. The van der Waals surface area contributed by atoms with Crippen LogP contribution >= 0.6 is 23.2 Å². The fourth-order valence-corrected chi connectivity index (χ4v) is 2.72. The van der Waals surface area contributed by atoms with Gasteiger partial charge in [0.25, 0.3) is 0 Å². The standard InChI is InChI=1S/C12H13Cl2NO2/c1-15-3-2-7(12(16)17)4-9-10(14)5-8(13)6-11(9)15/h5-7H,2-4H2,1H3,(H,16,17). The van der Waals surface area contributed by atoms with Gasteiger partial charge in [0.1, 0.15) is 0 Å². The number of aliphatic carboxylic acids is 1. The third-order valence-corrected chi connectivity index (χ3v) is 3.72. The zero-order valence-corrected chi connectivity index (χ0v) is 10.9. The molecule has 0 bridgehead atoms. The number of anilines is 1. The lowest BCUT2D eigenvalue weighted by atomic mass is 9.97. The van der Waals surface area contributed by atoms with Crippen molar-refractivity contribution in [3.05, 3.63) is 27.7 Å². The highest BCUT2D eigenvalue weighted by molar-refractivity contribution is 6.35. The second kappa shape index (κ2) is 4.75. The van der Waals surface area contributed by atoms with Gasteiger partial charge >= 0.3 is 5.97 Å². The lowest BCUT2D eigenvalue weighted by Crippen LogP contribution is -2.21. The van der Waals surface area contributed by atoms with Crippen molar-refractivity contribution in [1.82, 2.24) is 0 Å². The molecular formula is C12H13Cl2NO2. The molecule has 0 radical (unpaired) electrons. The van der Waals surface area contributed by atoms with Gasteiger partial charge in [-0.25, -0.2) is 0 Å². The second-order valence-corrected chi connectivity index (χ2v) is 5.18. The summed E-state index contributed by atoms with van der Waals surface area (Å²) >= 11 is 12.1. The summed E-state index contributed by atoms with van der Waals surface area (Å²) in [6.07, 6.45) is 1.08. The summed E-state index contributed by atoms with van der Waals surface area (Å²) in [5.41, 5.74) is 1.81. The van der Waals surface area contributed by atoms with Gasteiger partial charge in [0, 0.05) is 29.3 Å². The first-order valence-corrected chi connectivity index (χ1v) is 6.16. The first-order valence-electron chi connectivity index (χ1n) is 5.41. The van der Waals surface area contributed by atoms with E-state index in [0.717, 1.165) is 11.3 Å². The van der Waals surface area contributed by atoms with Gasteiger partial charge in [0.05, 0.1) is 5.92 Å². The van der Waals surface area contributed by atoms with Gasteiger partial charge in [-0.2, -0.15) is 0 Å². The Kier molecular flexibility index (Phi) is 3.50. The van der Waals surface area contributed by atoms with Crippen LogP contribution < -0.4 is 4.90 Å². The Hall–Kier alpha value is -0.930. The van der Waals surface area contributed by atoms with E-state index < -0.39 is 5.97 Å². The summed E-state index contributed by atoms with van der Waals surface area (Å²) in [6, 6.07) is 3.51. The van der Waals surface area contributed by atoms with Gasteiger partial charge < -0.3 is 10.0 Å². The number of halogens is 2. The average molecular weight is 274 g/mol. The predicted octanol–water partition coefficient (Wildman–Crippen LogP) is 3.08. The van der Waals surface area contributed by atoms with Crippen LogP contribution in [0.5, 0.6) is 0 Å². The lowest BCUT2D eigenvalue weighted by Gasteiger charge is -2.20. The van der Waals surface area contributed by atoms with Crippen molar-refractivity contribution < 1.29 is 9.90 Å². The first-order chi connectivity index (χ1) is 7.99. The van der Waals surface area contributed by atoms with Crippen molar-refractivity contribution in [3.63, 3.8) is 0 Å². The summed E-state index contributed by atoms with van der Waals surface area (Å²) in [5.74, 6) is -1.14. The maximum atomic E-state index is 11.1. The minimum atomic E-state index is -0.766. The highest BCUT2D eigenvalue weighted by Crippen LogP contribution is 2.35. The topological polar surface area (TPSA) is 40.5 Å². The SMILES string of the molecule is CN1CCC(C(=O)O)Cc2c(Cl)cc(Cl)cc21. The number of fused-ring (bicyclic) bond motifs is 1. The maximum absolute atomic E-state index is 11.1. The summed E-state index contributed by atoms with van der Waals surface area (Å²) in [4.78, 5) is 13.1. The molecule has 1 aliphatic rings. The van der Waals surface area contributed by atoms with Gasteiger partial charge in [-0.1, -0.05) is 23.2 Å². The van der Waals surface area contributed by atoms with Crippen molar-refractivity contribution in [2.24, 2.45) is 5.92 Å². The molecule has 1 atom stereocenters. The van der Waals surface area contributed by atoms with E-state index in [1.54, 1.807) is 6.07 Å². The normalized spacial score (nSPS) is 19.7. The Labute approximate surface area is 110 Å². The molecule has 0 saturated heterocycles. The molecule has 0 saturated carbocycles. The van der Waals surface area contributed by atoms with E-state index in [-0.39, 0.29) is 5.92 Å². The fraction of sp³-hybridized carbons (Fsp3) is 0.417. The predicted molar refractivity (Wildman–Crippen MR) is 69.2 cm³/mol. The molecular weight excluding hydrogens is 261 g/mol. The number of carboxylic acids is 1. The molecule has 2 rings (SSSR count). The number of hydrogen-bond donors (Lipinski definition) is 1. The van der Waals surface area contributed by atoms with Crippen LogP contribution in [0.4, 0.5) is 5.69 Å². The van der Waals surface area contributed by atoms with Gasteiger partial charge in [-0.05, 0) is 30.5 Å². The molecule has 0 aromatic heterocycles. The lowest BCUT2D eigenvalue weighted by molar-refractivity contribution is -0.141. The molecule has 0 aliphatic carbocycles. The molecule has 0 fully saturated rings. The largest absolute Gasteiger partial charge is 0.481 e. The molecule has 1 aliphatic heterocycles. The van der Waals surface area contributed by atoms with E-state index in [9.17, 15) is 4.79 Å². The van der Waals surface area contributed by atoms with Crippen LogP contribution in [0.3, 0.4) is 0 Å². The molecule has 1 aromatic carbocycles. The zero-order chi connectivity index (χ0) is 12.6. The summed E-state index contributed by atoms with van der Waals surface area (Å²) < 4.78 is 0. The van der Waals surface area contributed by atoms with Crippen molar-refractivity contribution in [2.75, 3.05) is 18.5 Å². The van der Waals surface area contributed by atoms with Crippen LogP contribution in [0, 0.1) is 5.92 Å². The van der Waals surface area contributed by atoms with Crippen molar-refractivity contribution in [2.45, 2.75) is 12.8 Å². The maximum Gasteiger partial charge on any atom is 0.306 e. The van der Waals surface area contributed by atoms with E-state index >= 15 is 0 Å². The number of benzene rings is 1. The van der Waals surface area contributed by atoms with Gasteiger partial charge in [0.15, 0.2) is 0 Å². The Bertz CT molecular complexity index is 462. The molecule has 1 heterocycles. The Morgan fingerprint density at radius 3 is 2.82 bits per heavy atom. The van der Waals surface area contributed by atoms with Crippen LogP contribution in [0.25, 0.3) is 0 Å². The summed E-state index contributed by atoms with van der Waals surface area (Å²) in [5, 5.41) is 10.3. The van der Waals surface area contributed by atoms with Crippen molar-refractivity contribution in [3.8, 4) is 0 Å². The molecule has 17 heavy (non-hydrogen) atoms. The van der Waals surface area contributed by atoms with Crippen molar-refractivity contribution in [1.29, 1.82) is 0 Å². The molecule has 0 amide bonds. The molecule has 5 heteroatoms. The van der Waals surface area contributed by atoms with E-state index in [1.807, 2.05) is 18.0 Å². The highest BCUT2D eigenvalue weighted by Gasteiger charge is 2.26. The number of carbonyl (C=O) groups is 1. The number of nitrogens with zero attached hydrogens (tertiary/aromatic N) is 1. The fourth-order valence-electron chi connectivity index (χ4n) is 2.16. The average Bonchev–Trinajstić information content (AvgIpc) is 2.39. The monoisotopic (exact) mass is 273 g/mol. The third-order valence-electron chi connectivity index (χ3n) is 3.16. The van der Waals surface area contributed by atoms with Crippen LogP contribution in [-0.4, -0.2) is 24.7 Å². The first kappa shape index (κ1) is 12.5. The van der Waals surface area contributed by atoms with Crippen LogP contribution in [-0.2, 0) is 11.2 Å². The van der Waals surface area contributed by atoms with Gasteiger partial charge in [-0.15, -0.1) is 0 Å². The smallest absolute Gasteiger partial charge is 0.306 e. The Balaban J connectivity index is 2.47. The van der Waals surface area contributed by atoms with E-state index in [4.69, 9.17) is 28.3 Å². The second-order valence-electron chi connectivity index (χ2n) is 4.33. The van der Waals surface area contributed by atoms with Crippen molar-refractivity contribution >= 4 is 34.9 Å². The highest BCUT2D eigenvalue weighted by atomic mass is 35.5. The molecule has 92 valence electrons. The van der Waals surface area contributed by atoms with Crippen LogP contribution in [0.2, 0.25) is 10.0 Å². The quantitative estimate of drug-likeness (QED) is 0.855. The minimum absolute atomic E-state index is 0.377. The molecule has 1 unspecified atom stereocenters. The Morgan fingerprint density at radius 1 is 1.47 bits per heavy atom. The minimum Gasteiger partial charge on any atom is -0.481 e. The van der Waals surface area contributed by atoms with Gasteiger partial charge in [0.2, 0.25) is 0 Å². The summed E-state index contributed by atoms with van der Waals surface area (Å²) in [6.45, 7) is 0.695. The summed E-state index contributed by atoms with van der Waals surface area (Å²) in [7, 11) is 1.93. The Morgan fingerprint density at radius 2 is 2.18 bits per heavy atom. The number of carboxylic acid groups (broad SMARTS) is 1. The van der Waals surface area contributed by atoms with Crippen LogP contribution in [0.15, 0.2) is 12.1 Å². The van der Waals surface area contributed by atoms with E-state index in [0.29, 0.717) is 29.4 Å². The molecule has 1 aromatic rings. The third kappa shape index (κ3) is 2.50. The van der Waals surface area contributed by atoms with E-state index in [1.165, 1.54) is 0 Å². The number of rotatable bonds is 1. The number of hydrogen-bond acceptors (Lipinski definition) is 2. The molecule has 0 spiro atoms. The molecule has 1 N–H and O–H groups in total. The molecule has 3 nitrogen and oxygen atoms in total. The van der Waals surface area contributed by atoms with E-state index in [2.05, 4.69) is 0 Å². The van der Waals surface area contributed by atoms with Gasteiger partial charge in [-0.3, -0.25) is 4.79 Å².